The fraction of sp³-hybridized carbons (Fsp3) is 0.0952. The first kappa shape index (κ1) is 16.4. The van der Waals surface area contributed by atoms with Crippen LogP contribution in [-0.4, -0.2) is 17.0 Å². The van der Waals surface area contributed by atoms with E-state index in [0.717, 1.165) is 15.9 Å². The molecule has 3 rings (SSSR count). The topological polar surface area (TPSA) is 37.3 Å². The van der Waals surface area contributed by atoms with Gasteiger partial charge < -0.3 is 0 Å². The average molecular weight is 336 g/mol. The van der Waals surface area contributed by atoms with Crippen molar-refractivity contribution in [2.75, 3.05) is 6.16 Å². The Hall–Kier alpha value is -2.44. The third kappa shape index (κ3) is 2.03. The molecule has 122 valence electrons. The van der Waals surface area contributed by atoms with Gasteiger partial charge in [-0.2, -0.15) is 0 Å². The van der Waals surface area contributed by atoms with Crippen molar-refractivity contribution >= 4 is 28.2 Å². The molecule has 0 fully saturated rings. The van der Waals surface area contributed by atoms with Crippen LogP contribution in [0.25, 0.3) is 0 Å². The molecule has 0 aliphatic rings. The molecule has 0 unspecified atom stereocenters. The van der Waals surface area contributed by atoms with Gasteiger partial charge in [0.15, 0.2) is 0 Å². The van der Waals surface area contributed by atoms with E-state index in [4.69, 9.17) is 0 Å². The Morgan fingerprint density at radius 2 is 1.00 bits per heavy atom. The van der Waals surface area contributed by atoms with Crippen LogP contribution >= 0.6 is 6.60 Å². The summed E-state index contributed by atoms with van der Waals surface area (Å²) < 4.78 is 0. The molecule has 0 saturated carbocycles. The molecule has 3 aromatic rings. The maximum atomic E-state index is 13.0. The number of benzene rings is 3. The molecule has 0 aliphatic heterocycles. The van der Waals surface area contributed by atoms with E-state index in [1.807, 2.05) is 97.9 Å². The van der Waals surface area contributed by atoms with Gasteiger partial charge in [-0.15, -0.1) is 0 Å². The third-order valence-corrected chi connectivity index (χ3v) is 11.5. The Morgan fingerprint density at radius 3 is 1.21 bits per heavy atom. The summed E-state index contributed by atoms with van der Waals surface area (Å²) in [5.74, 6) is 0. The molecule has 0 atom stereocenters. The maximum absolute atomic E-state index is 13.0. The van der Waals surface area contributed by atoms with Crippen LogP contribution in [0.2, 0.25) is 0 Å². The van der Waals surface area contributed by atoms with Crippen molar-refractivity contribution in [1.82, 2.24) is 0 Å². The van der Waals surface area contributed by atoms with E-state index in [2.05, 4.69) is 0 Å². The Labute approximate surface area is 142 Å². The molecular formula is C21H21O2P. The third-order valence-electron chi connectivity index (χ3n) is 5.03. The number of carboxylic acid groups (broad SMARTS) is 1. The van der Waals surface area contributed by atoms with Crippen LogP contribution in [0.1, 0.15) is 6.92 Å². The van der Waals surface area contributed by atoms with Crippen molar-refractivity contribution in [3.63, 3.8) is 0 Å². The monoisotopic (exact) mass is 336 g/mol. The van der Waals surface area contributed by atoms with Crippen molar-refractivity contribution in [2.45, 2.75) is 6.92 Å². The van der Waals surface area contributed by atoms with E-state index in [9.17, 15) is 9.90 Å². The zero-order valence-electron chi connectivity index (χ0n) is 13.7. The molecule has 0 radical (unpaired) electrons. The molecule has 0 bridgehead atoms. The molecule has 0 aliphatic carbocycles. The van der Waals surface area contributed by atoms with Gasteiger partial charge in [0.25, 0.3) is 0 Å². The normalized spacial score (nSPS) is 13.0. The van der Waals surface area contributed by atoms with E-state index in [-0.39, 0.29) is 0 Å². The van der Waals surface area contributed by atoms with Crippen LogP contribution in [0, 0.1) is 0 Å². The van der Waals surface area contributed by atoms with E-state index in [0.29, 0.717) is 6.16 Å². The second kappa shape index (κ2) is 6.22. The average Bonchev–Trinajstić information content (AvgIpc) is 2.66. The first-order chi connectivity index (χ1) is 11.7. The van der Waals surface area contributed by atoms with Crippen LogP contribution in [0.15, 0.2) is 91.0 Å². The van der Waals surface area contributed by atoms with Gasteiger partial charge in [-0.25, -0.2) is 0 Å². The Morgan fingerprint density at radius 1 is 0.708 bits per heavy atom. The predicted molar refractivity (Wildman–Crippen MR) is 104 cm³/mol. The summed E-state index contributed by atoms with van der Waals surface area (Å²) >= 11 is 0. The minimum atomic E-state index is -3.62. The van der Waals surface area contributed by atoms with Crippen molar-refractivity contribution in [2.24, 2.45) is 0 Å². The number of hydrogen-bond donors (Lipinski definition) is 1. The summed E-state index contributed by atoms with van der Waals surface area (Å²) in [4.78, 5) is 13.0. The second-order valence-corrected chi connectivity index (χ2v) is 11.1. The van der Waals surface area contributed by atoms with Crippen LogP contribution < -0.4 is 15.9 Å². The molecule has 24 heavy (non-hydrogen) atoms. The van der Waals surface area contributed by atoms with Crippen molar-refractivity contribution in [3.05, 3.63) is 91.0 Å². The zero-order chi connectivity index (χ0) is 17.1. The van der Waals surface area contributed by atoms with Crippen LogP contribution in [-0.2, 0) is 0 Å². The minimum absolute atomic E-state index is 0.541. The molecule has 3 aromatic carbocycles. The molecule has 2 nitrogen and oxygen atoms in total. The van der Waals surface area contributed by atoms with Crippen molar-refractivity contribution in [3.8, 4) is 0 Å². The molecular weight excluding hydrogens is 315 g/mol. The molecule has 0 amide bonds. The Bertz CT molecular complexity index is 730. The first-order valence-electron chi connectivity index (χ1n) is 8.08. The summed E-state index contributed by atoms with van der Waals surface area (Å²) in [6.07, 6.45) is 0.541. The summed E-state index contributed by atoms with van der Waals surface area (Å²) in [7, 11) is 0. The second-order valence-electron chi connectivity index (χ2n) is 5.91. The molecule has 0 aromatic heterocycles. The number of rotatable bonds is 5. The predicted octanol–water partition coefficient (Wildman–Crippen LogP) is 4.21. The molecule has 0 heterocycles. The van der Waals surface area contributed by atoms with Crippen molar-refractivity contribution < 1.29 is 9.90 Å². The zero-order valence-corrected chi connectivity index (χ0v) is 14.6. The van der Waals surface area contributed by atoms with Gasteiger partial charge >= 0.3 is 142 Å². The fourth-order valence-electron chi connectivity index (χ4n) is 3.73. The van der Waals surface area contributed by atoms with Gasteiger partial charge in [0.1, 0.15) is 0 Å². The van der Waals surface area contributed by atoms with E-state index < -0.39 is 12.3 Å². The Balaban J connectivity index is 2.55. The first-order valence-corrected chi connectivity index (χ1v) is 10.5. The van der Waals surface area contributed by atoms with Crippen LogP contribution in [0.4, 0.5) is 4.79 Å². The quantitative estimate of drug-likeness (QED) is 0.709. The van der Waals surface area contributed by atoms with Gasteiger partial charge in [-0.05, 0) is 0 Å². The van der Waals surface area contributed by atoms with Gasteiger partial charge in [0, 0.05) is 0 Å². The van der Waals surface area contributed by atoms with E-state index >= 15 is 0 Å². The standard InChI is InChI=1S/C21H21O2P/c1-2-24(21(22)23,18-12-6-3-7-13-18,19-14-8-4-9-15-19)20-16-10-5-11-17-20/h3-17H,2H2,1H3,(H,22,23). The summed E-state index contributed by atoms with van der Waals surface area (Å²) in [6.45, 7) is -1.62. The van der Waals surface area contributed by atoms with Gasteiger partial charge in [-0.1, -0.05) is 0 Å². The van der Waals surface area contributed by atoms with Crippen molar-refractivity contribution in [1.29, 1.82) is 0 Å². The summed E-state index contributed by atoms with van der Waals surface area (Å²) in [5, 5.41) is 13.4. The number of hydrogen-bond acceptors (Lipinski definition) is 1. The summed E-state index contributed by atoms with van der Waals surface area (Å²) in [5.41, 5.74) is -0.730. The van der Waals surface area contributed by atoms with E-state index in [1.165, 1.54) is 0 Å². The molecule has 3 heteroatoms. The Kier molecular flexibility index (Phi) is 4.26. The van der Waals surface area contributed by atoms with Gasteiger partial charge in [-0.3, -0.25) is 0 Å². The summed E-state index contributed by atoms with van der Waals surface area (Å²) in [6, 6.07) is 29.2. The van der Waals surface area contributed by atoms with Gasteiger partial charge in [0.05, 0.1) is 0 Å². The van der Waals surface area contributed by atoms with Gasteiger partial charge in [0.2, 0.25) is 0 Å². The SMILES string of the molecule is CCP(C(=O)O)(c1ccccc1)(c1ccccc1)c1ccccc1. The molecule has 0 saturated heterocycles. The van der Waals surface area contributed by atoms with Crippen LogP contribution in [0.5, 0.6) is 0 Å². The fourth-order valence-corrected chi connectivity index (χ4v) is 9.15. The van der Waals surface area contributed by atoms with E-state index in [1.54, 1.807) is 0 Å². The molecule has 1 N–H and O–H groups in total. The van der Waals surface area contributed by atoms with Crippen LogP contribution in [0.3, 0.4) is 0 Å². The number of carbonyl (C=O) groups is 1. The molecule has 0 spiro atoms.